The van der Waals surface area contributed by atoms with Crippen LogP contribution >= 0.6 is 0 Å². The molecular formula is C4H10B4O2. The van der Waals surface area contributed by atoms with E-state index in [0.29, 0.717) is 18.6 Å². The van der Waals surface area contributed by atoms with E-state index in [1.165, 1.54) is 0 Å². The van der Waals surface area contributed by atoms with Crippen LogP contribution < -0.4 is 0 Å². The number of carbonyl (C=O) groups is 1. The van der Waals surface area contributed by atoms with Crippen molar-refractivity contribution in [2.45, 2.75) is 5.62 Å². The van der Waals surface area contributed by atoms with E-state index < -0.39 is 0 Å². The summed E-state index contributed by atoms with van der Waals surface area (Å²) in [6.07, 6.45) is 0. The smallest absolute Gasteiger partial charge is 0.331 e. The molecule has 0 saturated heterocycles. The Morgan fingerprint density at radius 2 is 2.10 bits per heavy atom. The number of carbonyl (C=O) groups excluding carboxylic acids is 1. The van der Waals surface area contributed by atoms with Gasteiger partial charge in [0, 0.05) is 0 Å². The van der Waals surface area contributed by atoms with Gasteiger partial charge in [0.1, 0.15) is 7.85 Å². The lowest BCUT2D eigenvalue weighted by molar-refractivity contribution is -0.129. The van der Waals surface area contributed by atoms with Crippen LogP contribution in [0.1, 0.15) is 0 Å². The van der Waals surface area contributed by atoms with E-state index in [9.17, 15) is 4.79 Å². The molecule has 0 saturated carbocycles. The zero-order chi connectivity index (χ0) is 8.15. The van der Waals surface area contributed by atoms with E-state index >= 15 is 0 Å². The summed E-state index contributed by atoms with van der Waals surface area (Å²) < 4.78 is 4.83. The molecule has 0 atom stereocenters. The minimum absolute atomic E-state index is 0.297. The summed E-state index contributed by atoms with van der Waals surface area (Å²) in [6, 6.07) is 0. The fourth-order valence-electron chi connectivity index (χ4n) is 0.366. The van der Waals surface area contributed by atoms with Gasteiger partial charge in [-0.05, 0) is 5.47 Å². The summed E-state index contributed by atoms with van der Waals surface area (Å²) in [5.41, 5.74) is 0.851. The van der Waals surface area contributed by atoms with E-state index in [1.807, 2.05) is 15.7 Å². The Kier molecular flexibility index (Phi) is 4.08. The van der Waals surface area contributed by atoms with E-state index in [0.717, 1.165) is 0 Å². The summed E-state index contributed by atoms with van der Waals surface area (Å²) in [5.74, 6) is -0.297. The van der Waals surface area contributed by atoms with E-state index in [4.69, 9.17) is 4.65 Å². The minimum Gasteiger partial charge on any atom is -0.539 e. The lowest BCUT2D eigenvalue weighted by Crippen LogP contribution is -2.15. The summed E-state index contributed by atoms with van der Waals surface area (Å²) >= 11 is 0. The Labute approximate surface area is 64.9 Å². The Hall–Kier alpha value is -0.530. The molecule has 0 aromatic rings. The molecule has 6 heteroatoms. The zero-order valence-corrected chi connectivity index (χ0v) is 6.81. The highest BCUT2D eigenvalue weighted by Gasteiger charge is 2.05. The molecule has 10 heavy (non-hydrogen) atoms. The van der Waals surface area contributed by atoms with Crippen LogP contribution in [-0.4, -0.2) is 37.0 Å². The fourth-order valence-corrected chi connectivity index (χ4v) is 0.366. The van der Waals surface area contributed by atoms with Crippen molar-refractivity contribution >= 4 is 37.0 Å². The molecule has 0 N–H and O–H groups in total. The first-order valence-electron chi connectivity index (χ1n) is 3.36. The molecule has 0 spiro atoms. The van der Waals surface area contributed by atoms with Gasteiger partial charge in [0.25, 0.3) is 0 Å². The molecule has 0 rings (SSSR count). The molecule has 0 heterocycles. The van der Waals surface area contributed by atoms with Crippen LogP contribution in [0.5, 0.6) is 0 Å². The third-order valence-corrected chi connectivity index (χ3v) is 0.896. The van der Waals surface area contributed by atoms with Crippen LogP contribution in [0.4, 0.5) is 0 Å². The van der Waals surface area contributed by atoms with Crippen molar-refractivity contribution in [2.75, 3.05) is 0 Å². The van der Waals surface area contributed by atoms with Crippen LogP contribution in [0.15, 0.2) is 12.1 Å². The lowest BCUT2D eigenvalue weighted by atomic mass is 9.54. The van der Waals surface area contributed by atoms with Gasteiger partial charge >= 0.3 is 13.5 Å². The molecule has 0 aliphatic rings. The minimum atomic E-state index is -0.297. The normalized spacial score (nSPS) is 8.90. The largest absolute Gasteiger partial charge is 0.539 e. The van der Waals surface area contributed by atoms with Gasteiger partial charge in [-0.25, -0.2) is 4.79 Å². The molecule has 0 aliphatic heterocycles. The first-order chi connectivity index (χ1) is 4.54. The Balaban J connectivity index is 3.50. The molecule has 0 bridgehead atoms. The van der Waals surface area contributed by atoms with Gasteiger partial charge in [-0.15, -0.1) is 0 Å². The number of hydrogen-bond donors (Lipinski definition) is 0. The van der Waals surface area contributed by atoms with Gasteiger partial charge in [0.05, 0.1) is 15.7 Å². The van der Waals surface area contributed by atoms with Crippen LogP contribution in [0.2, 0.25) is 5.62 Å². The summed E-state index contributed by atoms with van der Waals surface area (Å²) in [4.78, 5) is 10.7. The van der Waals surface area contributed by atoms with Crippen molar-refractivity contribution in [3.05, 3.63) is 12.1 Å². The summed E-state index contributed by atoms with van der Waals surface area (Å²) in [6.45, 7) is 3.46. The highest BCUT2D eigenvalue weighted by molar-refractivity contribution is 6.61. The predicted octanol–water partition coefficient (Wildman–Crippen LogP) is -3.00. The van der Waals surface area contributed by atoms with Crippen LogP contribution in [0.3, 0.4) is 0 Å². The third kappa shape index (κ3) is 4.36. The molecule has 0 aromatic heterocycles. The predicted molar refractivity (Wildman–Crippen MR) is 51.8 cm³/mol. The van der Waals surface area contributed by atoms with Crippen molar-refractivity contribution in [3.8, 4) is 0 Å². The van der Waals surface area contributed by atoms with Gasteiger partial charge in [-0.1, -0.05) is 12.2 Å². The quantitative estimate of drug-likeness (QED) is 0.303. The first-order valence-corrected chi connectivity index (χ1v) is 3.36. The average Bonchev–Trinajstić information content (AvgIpc) is 1.82. The number of rotatable bonds is 3. The fraction of sp³-hybridized carbons (Fsp3) is 0.250. The van der Waals surface area contributed by atoms with Crippen molar-refractivity contribution in [2.24, 2.45) is 0 Å². The zero-order valence-electron chi connectivity index (χ0n) is 6.81. The monoisotopic (exact) mass is 134 g/mol. The van der Waals surface area contributed by atoms with Gasteiger partial charge in [0.2, 0.25) is 0 Å². The third-order valence-electron chi connectivity index (χ3n) is 0.896. The average molecular weight is 133 g/mol. The second-order valence-corrected chi connectivity index (χ2v) is 2.77. The molecule has 0 fully saturated rings. The highest BCUT2D eigenvalue weighted by atomic mass is 16.5. The van der Waals surface area contributed by atoms with Gasteiger partial charge in [0.15, 0.2) is 0 Å². The summed E-state index contributed by atoms with van der Waals surface area (Å²) in [5, 5.41) is 0. The maximum absolute atomic E-state index is 10.7. The van der Waals surface area contributed by atoms with Gasteiger partial charge in [-0.2, -0.15) is 0 Å². The molecule has 0 unspecified atom stereocenters. The molecule has 0 amide bonds. The van der Waals surface area contributed by atoms with Crippen LogP contribution in [0.25, 0.3) is 0 Å². The van der Waals surface area contributed by atoms with Gasteiger partial charge in [-0.3, -0.25) is 0 Å². The number of hydrogen-bond acceptors (Lipinski definition) is 2. The molecule has 0 aromatic carbocycles. The molecule has 0 aliphatic carbocycles. The highest BCUT2D eigenvalue weighted by Crippen LogP contribution is 1.91. The Morgan fingerprint density at radius 1 is 1.60 bits per heavy atom. The first kappa shape index (κ1) is 9.47. The topological polar surface area (TPSA) is 26.3 Å². The van der Waals surface area contributed by atoms with Crippen molar-refractivity contribution in [1.29, 1.82) is 0 Å². The van der Waals surface area contributed by atoms with Crippen molar-refractivity contribution < 1.29 is 9.45 Å². The summed E-state index contributed by atoms with van der Waals surface area (Å²) in [7, 11) is 6.10. The lowest BCUT2D eigenvalue weighted by Gasteiger charge is -2.03. The standard InChI is InChI=1S/C4H10B4O2/c1-2(5)3(9)10-8-4(6)7/h4,8H,1,5-7H2. The Bertz CT molecular complexity index is 144. The van der Waals surface area contributed by atoms with Crippen molar-refractivity contribution in [3.63, 3.8) is 0 Å². The van der Waals surface area contributed by atoms with Gasteiger partial charge < -0.3 is 4.65 Å². The van der Waals surface area contributed by atoms with Crippen LogP contribution in [-0.2, 0) is 9.45 Å². The molecule has 2 nitrogen and oxygen atoms in total. The van der Waals surface area contributed by atoms with Crippen molar-refractivity contribution in [1.82, 2.24) is 0 Å². The maximum Gasteiger partial charge on any atom is 0.331 e. The molecule has 0 radical (unpaired) electrons. The van der Waals surface area contributed by atoms with E-state index in [-0.39, 0.29) is 5.97 Å². The second-order valence-electron chi connectivity index (χ2n) is 2.77. The molecular weight excluding hydrogens is 123 g/mol. The van der Waals surface area contributed by atoms with Crippen LogP contribution in [0, 0.1) is 0 Å². The maximum atomic E-state index is 10.7. The van der Waals surface area contributed by atoms with E-state index in [1.54, 1.807) is 7.85 Å². The SMILES string of the molecule is BC(=C)C(=O)OBC(B)B. The van der Waals surface area contributed by atoms with E-state index in [2.05, 4.69) is 6.58 Å². The second kappa shape index (κ2) is 4.31. The molecule has 50 valence electrons. The Morgan fingerprint density at radius 3 is 2.40 bits per heavy atom.